The van der Waals surface area contributed by atoms with Crippen LogP contribution in [0.3, 0.4) is 0 Å². The van der Waals surface area contributed by atoms with E-state index < -0.39 is 17.5 Å². The third-order valence-electron chi connectivity index (χ3n) is 5.36. The number of rotatable bonds is 3. The molecule has 4 rings (SSSR count). The molecule has 3 aromatic rings. The Bertz CT molecular complexity index is 1270. The average Bonchev–Trinajstić information content (AvgIpc) is 3.35. The molecule has 0 spiro atoms. The van der Waals surface area contributed by atoms with Crippen molar-refractivity contribution in [3.05, 3.63) is 65.6 Å². The van der Waals surface area contributed by atoms with Crippen LogP contribution < -0.4 is 0 Å². The second-order valence-electron chi connectivity index (χ2n) is 7.64. The molecule has 0 unspecified atom stereocenters. The molecule has 2 aromatic heterocycles. The van der Waals surface area contributed by atoms with Gasteiger partial charge in [0.05, 0.1) is 18.5 Å². The molecule has 1 fully saturated rings. The predicted octanol–water partition coefficient (Wildman–Crippen LogP) is 1.97. The summed E-state index contributed by atoms with van der Waals surface area (Å²) >= 11 is 0. The molecule has 1 N–H and O–H groups in total. The van der Waals surface area contributed by atoms with Crippen LogP contribution in [-0.4, -0.2) is 63.0 Å². The zero-order valence-corrected chi connectivity index (χ0v) is 18.0. The Labute approximate surface area is 185 Å². The lowest BCUT2D eigenvalue weighted by molar-refractivity contribution is -0.137. The number of hydrogen-bond donors (Lipinski definition) is 1. The van der Waals surface area contributed by atoms with Crippen molar-refractivity contribution in [1.82, 2.24) is 19.7 Å². The Morgan fingerprint density at radius 1 is 1.25 bits per heavy atom. The first-order chi connectivity index (χ1) is 15.3. The topological polar surface area (TPSA) is 97.5 Å². The second kappa shape index (κ2) is 8.29. The molecular weight excluding hydrogens is 408 g/mol. The van der Waals surface area contributed by atoms with Gasteiger partial charge in [-0.1, -0.05) is 24.0 Å². The molecule has 0 saturated carbocycles. The Kier molecular flexibility index (Phi) is 5.51. The van der Waals surface area contributed by atoms with Gasteiger partial charge in [0.2, 0.25) is 5.60 Å². The van der Waals surface area contributed by atoms with Gasteiger partial charge in [0.15, 0.2) is 5.69 Å². The summed E-state index contributed by atoms with van der Waals surface area (Å²) < 4.78 is 6.57. The van der Waals surface area contributed by atoms with Crippen molar-refractivity contribution in [3.63, 3.8) is 0 Å². The van der Waals surface area contributed by atoms with E-state index in [1.165, 1.54) is 12.0 Å². The average molecular weight is 430 g/mol. The van der Waals surface area contributed by atoms with E-state index in [1.54, 1.807) is 42.2 Å². The quantitative estimate of drug-likeness (QED) is 0.504. The highest BCUT2D eigenvalue weighted by molar-refractivity contribution is 5.90. The highest BCUT2D eigenvalue weighted by atomic mass is 16.5. The van der Waals surface area contributed by atoms with E-state index in [0.29, 0.717) is 23.5 Å². The molecule has 8 heteroatoms. The minimum absolute atomic E-state index is 0.153. The van der Waals surface area contributed by atoms with Crippen LogP contribution in [-0.2, 0) is 9.53 Å². The predicted molar refractivity (Wildman–Crippen MR) is 117 cm³/mol. The lowest BCUT2D eigenvalue weighted by Gasteiger charge is -2.13. The van der Waals surface area contributed by atoms with Crippen molar-refractivity contribution < 1.29 is 19.4 Å². The van der Waals surface area contributed by atoms with Crippen molar-refractivity contribution in [2.24, 2.45) is 0 Å². The molecule has 1 aromatic carbocycles. The normalized spacial score (nSPS) is 17.8. The van der Waals surface area contributed by atoms with Gasteiger partial charge in [0, 0.05) is 43.0 Å². The number of aromatic nitrogens is 3. The van der Waals surface area contributed by atoms with Gasteiger partial charge < -0.3 is 14.7 Å². The first-order valence-electron chi connectivity index (χ1n) is 10.0. The molecule has 0 bridgehead atoms. The molecule has 1 aliphatic rings. The fraction of sp³-hybridized carbons (Fsp3) is 0.250. The first kappa shape index (κ1) is 21.3. The van der Waals surface area contributed by atoms with Crippen molar-refractivity contribution in [2.75, 3.05) is 20.7 Å². The molecule has 1 amide bonds. The van der Waals surface area contributed by atoms with Crippen LogP contribution in [0, 0.1) is 18.8 Å². The van der Waals surface area contributed by atoms with Gasteiger partial charge in [-0.3, -0.25) is 4.79 Å². The number of nitrogens with zero attached hydrogens (tertiary/aromatic N) is 4. The summed E-state index contributed by atoms with van der Waals surface area (Å²) in [5.74, 6) is 4.67. The highest BCUT2D eigenvalue weighted by Gasteiger charge is 2.42. The summed E-state index contributed by atoms with van der Waals surface area (Å²) in [6.07, 6.45) is 1.94. The summed E-state index contributed by atoms with van der Waals surface area (Å²) in [6, 6.07) is 12.5. The third-order valence-corrected chi connectivity index (χ3v) is 5.36. The third kappa shape index (κ3) is 3.98. The Morgan fingerprint density at radius 3 is 2.72 bits per heavy atom. The molecule has 0 radical (unpaired) electrons. The summed E-state index contributed by atoms with van der Waals surface area (Å²) in [7, 11) is 2.94. The number of aliphatic hydroxyl groups is 1. The minimum atomic E-state index is -1.67. The monoisotopic (exact) mass is 430 g/mol. The SMILES string of the molecule is COC(=O)c1cc(-n2nccc2C)cc(-c2cccc(C#C[C@]3(O)CCN(C)C3=O)c2)n1. The Hall–Kier alpha value is -3.96. The number of amides is 1. The van der Waals surface area contributed by atoms with Gasteiger partial charge in [-0.05, 0) is 37.3 Å². The van der Waals surface area contributed by atoms with Crippen molar-refractivity contribution in [1.29, 1.82) is 0 Å². The largest absolute Gasteiger partial charge is 0.464 e. The maximum absolute atomic E-state index is 12.2. The highest BCUT2D eigenvalue weighted by Crippen LogP contribution is 2.24. The van der Waals surface area contributed by atoms with Crippen LogP contribution in [0.5, 0.6) is 0 Å². The molecule has 32 heavy (non-hydrogen) atoms. The number of benzene rings is 1. The summed E-state index contributed by atoms with van der Waals surface area (Å²) in [5, 5.41) is 14.8. The smallest absolute Gasteiger partial charge is 0.356 e. The van der Waals surface area contributed by atoms with E-state index in [9.17, 15) is 14.7 Å². The van der Waals surface area contributed by atoms with Crippen LogP contribution in [0.25, 0.3) is 16.9 Å². The number of carbonyl (C=O) groups excluding carboxylic acids is 2. The molecule has 0 aliphatic carbocycles. The van der Waals surface area contributed by atoms with E-state index >= 15 is 0 Å². The van der Waals surface area contributed by atoms with Gasteiger partial charge in [-0.2, -0.15) is 5.10 Å². The number of likely N-dealkylation sites (N-methyl/N-ethyl adjacent to an activating group) is 1. The molecule has 8 nitrogen and oxygen atoms in total. The number of likely N-dealkylation sites (tertiary alicyclic amines) is 1. The maximum Gasteiger partial charge on any atom is 0.356 e. The molecule has 1 saturated heterocycles. The number of hydrogen-bond acceptors (Lipinski definition) is 6. The van der Waals surface area contributed by atoms with Gasteiger partial charge >= 0.3 is 5.97 Å². The van der Waals surface area contributed by atoms with Crippen molar-refractivity contribution >= 4 is 11.9 Å². The summed E-state index contributed by atoms with van der Waals surface area (Å²) in [5.41, 5.74) is 1.92. The number of ether oxygens (including phenoxy) is 1. The van der Waals surface area contributed by atoms with E-state index in [4.69, 9.17) is 4.74 Å². The lowest BCUT2D eigenvalue weighted by Crippen LogP contribution is -2.37. The molecule has 1 aliphatic heterocycles. The first-order valence-corrected chi connectivity index (χ1v) is 10.0. The van der Waals surface area contributed by atoms with Gasteiger partial charge in [-0.15, -0.1) is 0 Å². The second-order valence-corrected chi connectivity index (χ2v) is 7.64. The number of carbonyl (C=O) groups is 2. The zero-order chi connectivity index (χ0) is 22.9. The fourth-order valence-corrected chi connectivity index (χ4v) is 3.54. The number of esters is 1. The number of pyridine rings is 1. The lowest BCUT2D eigenvalue weighted by atomic mass is 10.0. The van der Waals surface area contributed by atoms with Gasteiger partial charge in [0.25, 0.3) is 5.91 Å². The minimum Gasteiger partial charge on any atom is -0.464 e. The Balaban J connectivity index is 1.75. The van der Waals surface area contributed by atoms with Gasteiger partial charge in [0.1, 0.15) is 0 Å². The zero-order valence-electron chi connectivity index (χ0n) is 18.0. The van der Waals surface area contributed by atoms with Crippen LogP contribution in [0.1, 0.15) is 28.2 Å². The van der Waals surface area contributed by atoms with Crippen molar-refractivity contribution in [2.45, 2.75) is 18.9 Å². The maximum atomic E-state index is 12.2. The molecule has 162 valence electrons. The van der Waals surface area contributed by atoms with E-state index in [0.717, 1.165) is 11.3 Å². The van der Waals surface area contributed by atoms with Crippen LogP contribution in [0.2, 0.25) is 0 Å². The molecular formula is C24H22N4O4. The summed E-state index contributed by atoms with van der Waals surface area (Å²) in [4.78, 5) is 30.3. The van der Waals surface area contributed by atoms with Crippen LogP contribution in [0.15, 0.2) is 48.7 Å². The fourth-order valence-electron chi connectivity index (χ4n) is 3.54. The van der Waals surface area contributed by atoms with Crippen LogP contribution >= 0.6 is 0 Å². The number of methoxy groups -OCH3 is 1. The van der Waals surface area contributed by atoms with E-state index in [-0.39, 0.29) is 12.1 Å². The van der Waals surface area contributed by atoms with Gasteiger partial charge in [-0.25, -0.2) is 14.5 Å². The standard InChI is InChI=1S/C24H22N4O4/c1-16-8-11-25-28(16)19-14-20(26-21(15-19)22(29)32-3)18-6-4-5-17(13-18)7-9-24(31)10-12-27(2)23(24)30/h4-6,8,11,13-15,31H,10,12H2,1-3H3/t24-/m0/s1. The number of aryl methyl sites for hydroxylation is 1. The van der Waals surface area contributed by atoms with Crippen LogP contribution in [0.4, 0.5) is 0 Å². The summed E-state index contributed by atoms with van der Waals surface area (Å²) in [6.45, 7) is 2.37. The van der Waals surface area contributed by atoms with E-state index in [2.05, 4.69) is 21.9 Å². The van der Waals surface area contributed by atoms with Crippen molar-refractivity contribution in [3.8, 4) is 28.8 Å². The molecule has 3 heterocycles. The van der Waals surface area contributed by atoms with E-state index in [1.807, 2.05) is 25.1 Å². The Morgan fingerprint density at radius 2 is 2.06 bits per heavy atom. The molecule has 1 atom stereocenters.